The number of hydrogen-bond donors (Lipinski definition) is 1. The number of pyridine rings is 1. The van der Waals surface area contributed by atoms with E-state index in [-0.39, 0.29) is 17.9 Å². The minimum absolute atomic E-state index is 0.0555. The maximum absolute atomic E-state index is 13.3. The number of carbonyl (C=O) groups excluding carboxylic acids is 2. The van der Waals surface area contributed by atoms with E-state index in [0.717, 1.165) is 26.7 Å². The Labute approximate surface area is 229 Å². The molecule has 4 aromatic rings. The van der Waals surface area contributed by atoms with Crippen LogP contribution in [0.25, 0.3) is 5.76 Å². The van der Waals surface area contributed by atoms with Crippen LogP contribution in [0.3, 0.4) is 0 Å². The van der Waals surface area contributed by atoms with Crippen LogP contribution in [0.5, 0.6) is 5.75 Å². The van der Waals surface area contributed by atoms with E-state index < -0.39 is 17.7 Å². The Balaban J connectivity index is 1.47. The summed E-state index contributed by atoms with van der Waals surface area (Å²) >= 11 is 3.44. The predicted octanol–water partition coefficient (Wildman–Crippen LogP) is 6.35. The molecule has 1 aromatic heterocycles. The van der Waals surface area contributed by atoms with Crippen LogP contribution in [-0.2, 0) is 22.7 Å². The lowest BCUT2D eigenvalue weighted by molar-refractivity contribution is -0.140. The first-order valence-corrected chi connectivity index (χ1v) is 12.9. The number of hydrogen-bond acceptors (Lipinski definition) is 5. The first-order chi connectivity index (χ1) is 18.4. The lowest BCUT2D eigenvalue weighted by Crippen LogP contribution is -2.29. The van der Waals surface area contributed by atoms with Crippen LogP contribution in [0, 0.1) is 6.92 Å². The van der Waals surface area contributed by atoms with E-state index in [1.165, 1.54) is 4.90 Å². The molecule has 1 amide bonds. The number of amides is 1. The van der Waals surface area contributed by atoms with Gasteiger partial charge in [0.1, 0.15) is 18.1 Å². The van der Waals surface area contributed by atoms with Gasteiger partial charge in [-0.15, -0.1) is 0 Å². The minimum atomic E-state index is -0.742. The Morgan fingerprint density at radius 3 is 2.32 bits per heavy atom. The van der Waals surface area contributed by atoms with E-state index >= 15 is 0 Å². The maximum Gasteiger partial charge on any atom is 0.295 e. The number of aromatic nitrogens is 1. The fourth-order valence-electron chi connectivity index (χ4n) is 4.52. The summed E-state index contributed by atoms with van der Waals surface area (Å²) in [5.74, 6) is -0.967. The Bertz CT molecular complexity index is 1500. The molecule has 1 atom stereocenters. The fraction of sp³-hybridized carbons (Fsp3) is 0.129. The molecule has 7 heteroatoms. The number of rotatable bonds is 7. The van der Waals surface area contributed by atoms with Crippen molar-refractivity contribution in [3.05, 3.63) is 135 Å². The molecule has 190 valence electrons. The van der Waals surface area contributed by atoms with E-state index in [1.54, 1.807) is 48.8 Å². The Morgan fingerprint density at radius 1 is 0.947 bits per heavy atom. The number of likely N-dealkylation sites (tertiary alicyclic amines) is 1. The topological polar surface area (TPSA) is 79.7 Å². The number of ketones is 1. The van der Waals surface area contributed by atoms with E-state index in [1.807, 2.05) is 55.5 Å². The van der Waals surface area contributed by atoms with Crippen molar-refractivity contribution in [2.45, 2.75) is 26.1 Å². The summed E-state index contributed by atoms with van der Waals surface area (Å²) in [5, 5.41) is 11.3. The molecule has 38 heavy (non-hydrogen) atoms. The van der Waals surface area contributed by atoms with Crippen molar-refractivity contribution >= 4 is 33.4 Å². The predicted molar refractivity (Wildman–Crippen MR) is 148 cm³/mol. The maximum atomic E-state index is 13.3. The number of nitrogens with zero attached hydrogens (tertiary/aromatic N) is 2. The van der Waals surface area contributed by atoms with E-state index in [2.05, 4.69) is 20.9 Å². The number of carbonyl (C=O) groups is 2. The Morgan fingerprint density at radius 2 is 1.63 bits per heavy atom. The first-order valence-electron chi connectivity index (χ1n) is 12.1. The fourth-order valence-corrected chi connectivity index (χ4v) is 4.78. The van der Waals surface area contributed by atoms with Crippen molar-refractivity contribution in [3.8, 4) is 5.75 Å². The van der Waals surface area contributed by atoms with Gasteiger partial charge in [0.15, 0.2) is 0 Å². The third-order valence-electron chi connectivity index (χ3n) is 6.61. The van der Waals surface area contributed by atoms with Crippen molar-refractivity contribution in [1.82, 2.24) is 9.88 Å². The van der Waals surface area contributed by atoms with Crippen molar-refractivity contribution in [1.29, 1.82) is 0 Å². The van der Waals surface area contributed by atoms with Gasteiger partial charge in [0.25, 0.3) is 11.7 Å². The quantitative estimate of drug-likeness (QED) is 0.159. The minimum Gasteiger partial charge on any atom is -0.507 e. The molecule has 1 saturated heterocycles. The van der Waals surface area contributed by atoms with Gasteiger partial charge < -0.3 is 14.7 Å². The molecule has 1 unspecified atom stereocenters. The van der Waals surface area contributed by atoms with Crippen molar-refractivity contribution in [2.24, 2.45) is 0 Å². The molecule has 0 spiro atoms. The van der Waals surface area contributed by atoms with Crippen LogP contribution in [0.1, 0.15) is 33.9 Å². The smallest absolute Gasteiger partial charge is 0.295 e. The van der Waals surface area contributed by atoms with E-state index in [9.17, 15) is 14.7 Å². The number of Topliss-reactive ketones (excluding diaryl/α,β-unsaturated/α-hetero) is 1. The van der Waals surface area contributed by atoms with E-state index in [0.29, 0.717) is 17.9 Å². The highest BCUT2D eigenvalue weighted by Gasteiger charge is 2.46. The summed E-state index contributed by atoms with van der Waals surface area (Å²) < 4.78 is 6.79. The van der Waals surface area contributed by atoms with Gasteiger partial charge in [-0.2, -0.15) is 0 Å². The highest BCUT2D eigenvalue weighted by molar-refractivity contribution is 9.10. The molecule has 1 fully saturated rings. The van der Waals surface area contributed by atoms with Crippen molar-refractivity contribution in [2.75, 3.05) is 0 Å². The number of aryl methyl sites for hydroxylation is 1. The summed E-state index contributed by atoms with van der Waals surface area (Å²) in [6.07, 6.45) is 3.28. The van der Waals surface area contributed by atoms with Gasteiger partial charge in [0.05, 0.1) is 11.6 Å². The van der Waals surface area contributed by atoms with Crippen LogP contribution in [0.15, 0.2) is 107 Å². The van der Waals surface area contributed by atoms with Gasteiger partial charge in [-0.05, 0) is 77.7 Å². The second-order valence-electron chi connectivity index (χ2n) is 9.07. The Hall–Kier alpha value is -4.23. The molecular weight excluding hydrogens is 544 g/mol. The first kappa shape index (κ1) is 25.4. The van der Waals surface area contributed by atoms with Gasteiger partial charge in [0.2, 0.25) is 0 Å². The zero-order valence-corrected chi connectivity index (χ0v) is 22.3. The van der Waals surface area contributed by atoms with Gasteiger partial charge in [-0.3, -0.25) is 14.6 Å². The lowest BCUT2D eigenvalue weighted by atomic mass is 9.95. The molecule has 0 bridgehead atoms. The molecule has 0 aliphatic carbocycles. The Kier molecular flexibility index (Phi) is 7.38. The number of aliphatic hydroxyl groups is 1. The SMILES string of the molecule is Cc1ccccc1COc1ccc(C(O)=C2C(=O)C(=O)N(Cc3ccncc3)C2c2ccc(Br)cc2)cc1. The normalized spacial score (nSPS) is 16.6. The number of halogens is 1. The highest BCUT2D eigenvalue weighted by Crippen LogP contribution is 2.40. The number of benzene rings is 3. The second-order valence-corrected chi connectivity index (χ2v) is 9.99. The van der Waals surface area contributed by atoms with Crippen LogP contribution < -0.4 is 4.74 Å². The van der Waals surface area contributed by atoms with Gasteiger partial charge in [-0.25, -0.2) is 0 Å². The molecule has 5 rings (SSSR count). The summed E-state index contributed by atoms with van der Waals surface area (Å²) in [5.41, 5.74) is 4.27. The number of aliphatic hydroxyl groups excluding tert-OH is 1. The average molecular weight is 569 g/mol. The van der Waals surface area contributed by atoms with Gasteiger partial charge >= 0.3 is 0 Å². The van der Waals surface area contributed by atoms with Crippen LogP contribution in [0.2, 0.25) is 0 Å². The molecule has 1 N–H and O–H groups in total. The third kappa shape index (κ3) is 5.24. The van der Waals surface area contributed by atoms with Crippen LogP contribution in [0.4, 0.5) is 0 Å². The summed E-state index contributed by atoms with van der Waals surface area (Å²) in [6.45, 7) is 2.66. The largest absolute Gasteiger partial charge is 0.507 e. The van der Waals surface area contributed by atoms with Gasteiger partial charge in [-0.1, -0.05) is 52.3 Å². The van der Waals surface area contributed by atoms with E-state index in [4.69, 9.17) is 4.74 Å². The average Bonchev–Trinajstić information content (AvgIpc) is 3.18. The second kappa shape index (κ2) is 11.0. The summed E-state index contributed by atoms with van der Waals surface area (Å²) in [4.78, 5) is 32.0. The standard InChI is InChI=1S/C31H25BrN2O4/c1-20-4-2-3-5-24(20)19-38-26-12-8-23(9-13-26)29(35)27-28(22-6-10-25(32)11-7-22)34(31(37)30(27)36)18-21-14-16-33-17-15-21/h2-17,28,35H,18-19H2,1H3. The molecule has 1 aliphatic rings. The molecule has 0 radical (unpaired) electrons. The highest BCUT2D eigenvalue weighted by atomic mass is 79.9. The molecule has 2 heterocycles. The summed E-state index contributed by atoms with van der Waals surface area (Å²) in [6, 6.07) is 25.1. The molecule has 6 nitrogen and oxygen atoms in total. The summed E-state index contributed by atoms with van der Waals surface area (Å²) in [7, 11) is 0. The monoisotopic (exact) mass is 568 g/mol. The number of ether oxygens (including phenoxy) is 1. The van der Waals surface area contributed by atoms with Crippen molar-refractivity contribution < 1.29 is 19.4 Å². The zero-order chi connectivity index (χ0) is 26.6. The molecule has 0 saturated carbocycles. The lowest BCUT2D eigenvalue weighted by Gasteiger charge is -2.25. The van der Waals surface area contributed by atoms with Crippen LogP contribution >= 0.6 is 15.9 Å². The third-order valence-corrected chi connectivity index (χ3v) is 7.14. The zero-order valence-electron chi connectivity index (χ0n) is 20.7. The van der Waals surface area contributed by atoms with Crippen LogP contribution in [-0.4, -0.2) is 26.7 Å². The molecule has 1 aliphatic heterocycles. The van der Waals surface area contributed by atoms with Gasteiger partial charge in [0, 0.05) is 29.0 Å². The molecule has 3 aromatic carbocycles. The molecular formula is C31H25BrN2O4. The van der Waals surface area contributed by atoms with Crippen molar-refractivity contribution in [3.63, 3.8) is 0 Å².